The zero-order valence-electron chi connectivity index (χ0n) is 11.0. The fraction of sp³-hybridized carbons (Fsp3) is 0.357. The molecule has 0 saturated heterocycles. The van der Waals surface area contributed by atoms with Crippen LogP contribution in [0.15, 0.2) is 30.5 Å². The lowest BCUT2D eigenvalue weighted by atomic mass is 9.85. The molecule has 0 amide bonds. The van der Waals surface area contributed by atoms with Crippen LogP contribution in [0.1, 0.15) is 24.3 Å². The van der Waals surface area contributed by atoms with E-state index in [1.807, 2.05) is 38.1 Å². The molecule has 2 rings (SSSR count). The van der Waals surface area contributed by atoms with E-state index in [-0.39, 0.29) is 12.0 Å². The molecule has 0 bridgehead atoms. The number of aliphatic hydroxyl groups excluding tert-OH is 1. The van der Waals surface area contributed by atoms with Crippen LogP contribution in [0.25, 0.3) is 0 Å². The molecular formula is C14H17ClN2OS. The number of aliphatic hydroxyl groups is 1. The Morgan fingerprint density at radius 3 is 2.53 bits per heavy atom. The van der Waals surface area contributed by atoms with Crippen molar-refractivity contribution in [1.82, 2.24) is 4.98 Å². The van der Waals surface area contributed by atoms with Gasteiger partial charge in [-0.15, -0.1) is 11.3 Å². The third kappa shape index (κ3) is 3.69. The van der Waals surface area contributed by atoms with Gasteiger partial charge in [0.05, 0.1) is 13.2 Å². The fourth-order valence-electron chi connectivity index (χ4n) is 1.69. The molecule has 0 saturated carbocycles. The minimum Gasteiger partial charge on any atom is -0.395 e. The number of nitrogens with one attached hydrogen (secondary N) is 1. The topological polar surface area (TPSA) is 45.1 Å². The summed E-state index contributed by atoms with van der Waals surface area (Å²) < 4.78 is 0.567. The van der Waals surface area contributed by atoms with Crippen molar-refractivity contribution < 1.29 is 5.11 Å². The molecule has 0 aliphatic carbocycles. The van der Waals surface area contributed by atoms with Crippen LogP contribution in [0, 0.1) is 0 Å². The number of aromatic nitrogens is 1. The Kier molecular flexibility index (Phi) is 4.45. The number of hydrogen-bond donors (Lipinski definition) is 2. The zero-order chi connectivity index (χ0) is 13.9. The van der Waals surface area contributed by atoms with Gasteiger partial charge in [-0.1, -0.05) is 37.6 Å². The van der Waals surface area contributed by atoms with Crippen LogP contribution in [0.3, 0.4) is 0 Å². The maximum atomic E-state index is 9.34. The fourth-order valence-corrected chi connectivity index (χ4v) is 2.60. The first-order valence-corrected chi connectivity index (χ1v) is 7.26. The van der Waals surface area contributed by atoms with E-state index in [0.717, 1.165) is 16.1 Å². The average Bonchev–Trinajstić information content (AvgIpc) is 2.83. The van der Waals surface area contributed by atoms with Crippen LogP contribution in [-0.4, -0.2) is 16.7 Å². The molecule has 0 spiro atoms. The lowest BCUT2D eigenvalue weighted by Crippen LogP contribution is -2.21. The first-order chi connectivity index (χ1) is 9.01. The lowest BCUT2D eigenvalue weighted by molar-refractivity contribution is 0.218. The van der Waals surface area contributed by atoms with E-state index in [4.69, 9.17) is 11.6 Å². The molecule has 1 aromatic carbocycles. The van der Waals surface area contributed by atoms with Crippen molar-refractivity contribution in [2.45, 2.75) is 25.8 Å². The zero-order valence-corrected chi connectivity index (χ0v) is 12.6. The molecule has 0 atom stereocenters. The molecule has 0 radical (unpaired) electrons. The molecule has 2 aromatic rings. The number of anilines is 1. The molecule has 0 unspecified atom stereocenters. The highest BCUT2D eigenvalue weighted by atomic mass is 35.5. The van der Waals surface area contributed by atoms with E-state index in [1.165, 1.54) is 11.3 Å². The summed E-state index contributed by atoms with van der Waals surface area (Å²) in [6.07, 6.45) is 1.78. The number of rotatable bonds is 5. The Labute approximate surface area is 122 Å². The molecule has 1 aromatic heterocycles. The highest BCUT2D eigenvalue weighted by molar-refractivity contribution is 7.15. The summed E-state index contributed by atoms with van der Waals surface area (Å²) >= 11 is 7.26. The highest BCUT2D eigenvalue weighted by Gasteiger charge is 2.18. The smallest absolute Gasteiger partial charge is 0.183 e. The second-order valence-corrected chi connectivity index (χ2v) is 6.75. The highest BCUT2D eigenvalue weighted by Crippen LogP contribution is 2.24. The van der Waals surface area contributed by atoms with Gasteiger partial charge in [-0.05, 0) is 17.7 Å². The predicted octanol–water partition coefficient (Wildman–Crippen LogP) is 3.68. The predicted molar refractivity (Wildman–Crippen MR) is 81.0 cm³/mol. The van der Waals surface area contributed by atoms with Gasteiger partial charge in [-0.3, -0.25) is 0 Å². The van der Waals surface area contributed by atoms with E-state index in [0.29, 0.717) is 11.0 Å². The van der Waals surface area contributed by atoms with Crippen molar-refractivity contribution in [3.05, 3.63) is 45.4 Å². The van der Waals surface area contributed by atoms with E-state index < -0.39 is 0 Å². The van der Waals surface area contributed by atoms with Gasteiger partial charge in [0.25, 0.3) is 0 Å². The first-order valence-electron chi connectivity index (χ1n) is 6.07. The van der Waals surface area contributed by atoms with Crippen molar-refractivity contribution in [3.63, 3.8) is 0 Å². The minimum atomic E-state index is -0.205. The Morgan fingerprint density at radius 1 is 1.32 bits per heavy atom. The van der Waals surface area contributed by atoms with Crippen LogP contribution < -0.4 is 5.32 Å². The monoisotopic (exact) mass is 296 g/mol. The maximum Gasteiger partial charge on any atom is 0.183 e. The quantitative estimate of drug-likeness (QED) is 0.885. The average molecular weight is 297 g/mol. The van der Waals surface area contributed by atoms with Crippen molar-refractivity contribution >= 4 is 28.6 Å². The van der Waals surface area contributed by atoms with Gasteiger partial charge in [0.1, 0.15) is 0 Å². The Bertz CT molecular complexity index is 537. The van der Waals surface area contributed by atoms with E-state index in [1.54, 1.807) is 6.20 Å². The minimum absolute atomic E-state index is 0.138. The van der Waals surface area contributed by atoms with Crippen LogP contribution >= 0.6 is 22.9 Å². The summed E-state index contributed by atoms with van der Waals surface area (Å²) in [5.41, 5.74) is 1.97. The Balaban J connectivity index is 1.99. The number of benzene rings is 1. The molecule has 19 heavy (non-hydrogen) atoms. The van der Waals surface area contributed by atoms with Gasteiger partial charge in [0.15, 0.2) is 4.47 Å². The van der Waals surface area contributed by atoms with Gasteiger partial charge in [-0.2, -0.15) is 0 Å². The van der Waals surface area contributed by atoms with Crippen molar-refractivity contribution in [3.8, 4) is 0 Å². The number of halogens is 1. The van der Waals surface area contributed by atoms with Crippen LogP contribution in [0.2, 0.25) is 4.47 Å². The van der Waals surface area contributed by atoms with E-state index in [2.05, 4.69) is 10.3 Å². The Hall–Kier alpha value is -1.10. The van der Waals surface area contributed by atoms with Crippen LogP contribution in [0.4, 0.5) is 5.69 Å². The molecule has 5 heteroatoms. The summed E-state index contributed by atoms with van der Waals surface area (Å²) in [6.45, 7) is 4.90. The van der Waals surface area contributed by atoms with Gasteiger partial charge in [-0.25, -0.2) is 4.98 Å². The van der Waals surface area contributed by atoms with Crippen LogP contribution in [-0.2, 0) is 12.0 Å². The standard InChI is InChI=1S/C14H17ClN2OS/c1-14(2,9-18)10-3-5-11(6-4-10)16-7-12-8-17-13(15)19-12/h3-6,8,16,18H,7,9H2,1-2H3. The van der Waals surface area contributed by atoms with Crippen molar-refractivity contribution in [2.24, 2.45) is 0 Å². The number of hydrogen-bond acceptors (Lipinski definition) is 4. The third-order valence-corrected chi connectivity index (χ3v) is 4.17. The van der Waals surface area contributed by atoms with Crippen molar-refractivity contribution in [2.75, 3.05) is 11.9 Å². The molecule has 1 heterocycles. The summed E-state index contributed by atoms with van der Waals surface area (Å²) in [7, 11) is 0. The largest absolute Gasteiger partial charge is 0.395 e. The SMILES string of the molecule is CC(C)(CO)c1ccc(NCc2cnc(Cl)s2)cc1. The molecular weight excluding hydrogens is 280 g/mol. The van der Waals surface area contributed by atoms with Gasteiger partial charge in [0.2, 0.25) is 0 Å². The molecule has 3 nitrogen and oxygen atoms in total. The summed E-state index contributed by atoms with van der Waals surface area (Å²) in [5.74, 6) is 0. The Morgan fingerprint density at radius 2 is 2.00 bits per heavy atom. The number of nitrogens with zero attached hydrogens (tertiary/aromatic N) is 1. The van der Waals surface area contributed by atoms with Gasteiger partial charge < -0.3 is 10.4 Å². The van der Waals surface area contributed by atoms with Gasteiger partial charge >= 0.3 is 0 Å². The second kappa shape index (κ2) is 5.90. The molecule has 0 aliphatic heterocycles. The maximum absolute atomic E-state index is 9.34. The third-order valence-electron chi connectivity index (χ3n) is 3.05. The second-order valence-electron chi connectivity index (χ2n) is 5.05. The van der Waals surface area contributed by atoms with E-state index >= 15 is 0 Å². The summed E-state index contributed by atoms with van der Waals surface area (Å²) in [6, 6.07) is 8.13. The molecule has 102 valence electrons. The van der Waals surface area contributed by atoms with E-state index in [9.17, 15) is 5.11 Å². The molecule has 2 N–H and O–H groups in total. The molecule has 0 aliphatic rings. The normalized spacial score (nSPS) is 11.6. The molecule has 0 fully saturated rings. The number of thiazole rings is 1. The summed E-state index contributed by atoms with van der Waals surface area (Å²) in [5, 5.41) is 12.7. The lowest BCUT2D eigenvalue weighted by Gasteiger charge is -2.22. The van der Waals surface area contributed by atoms with Crippen LogP contribution in [0.5, 0.6) is 0 Å². The van der Waals surface area contributed by atoms with Crippen molar-refractivity contribution in [1.29, 1.82) is 0 Å². The summed E-state index contributed by atoms with van der Waals surface area (Å²) in [4.78, 5) is 5.10. The first kappa shape index (κ1) is 14.3. The van der Waals surface area contributed by atoms with Gasteiger partial charge in [0, 0.05) is 22.2 Å².